The molecule has 0 radical (unpaired) electrons. The summed E-state index contributed by atoms with van der Waals surface area (Å²) in [5.74, 6) is -1.44. The van der Waals surface area contributed by atoms with Gasteiger partial charge in [0.15, 0.2) is 0 Å². The molecule has 46 heavy (non-hydrogen) atoms. The Kier molecular flexibility index (Phi) is 9.64. The summed E-state index contributed by atoms with van der Waals surface area (Å²) in [6, 6.07) is 10.9. The van der Waals surface area contributed by atoms with Crippen molar-refractivity contribution < 1.29 is 36.6 Å². The van der Waals surface area contributed by atoms with Crippen molar-refractivity contribution in [3.05, 3.63) is 59.2 Å². The average Bonchev–Trinajstić information content (AvgIpc) is 3.66. The molecule has 0 aliphatic carbocycles. The van der Waals surface area contributed by atoms with E-state index in [2.05, 4.69) is 0 Å². The lowest BCUT2D eigenvalue weighted by atomic mass is 9.85. The number of likely N-dealkylation sites (tertiary alicyclic amines) is 2. The number of amides is 1. The fourth-order valence-corrected chi connectivity index (χ4v) is 7.17. The summed E-state index contributed by atoms with van der Waals surface area (Å²) in [6.45, 7) is 9.70. The molecule has 0 N–H and O–H groups in total. The molecule has 3 heterocycles. The van der Waals surface area contributed by atoms with Crippen LogP contribution in [-0.2, 0) is 20.5 Å². The first-order valence-electron chi connectivity index (χ1n) is 16.2. The average molecular weight is 648 g/mol. The third kappa shape index (κ3) is 6.85. The maximum Gasteiger partial charge on any atom is 0.416 e. The molecule has 3 atom stereocenters. The van der Waals surface area contributed by atoms with Crippen LogP contribution < -0.4 is 9.64 Å². The molecule has 3 aliphatic heterocycles. The Hall–Kier alpha value is -3.34. The number of rotatable bonds is 7. The zero-order valence-electron chi connectivity index (χ0n) is 27.3. The molecule has 0 aromatic heterocycles. The molecule has 1 amide bonds. The summed E-state index contributed by atoms with van der Waals surface area (Å²) in [7, 11) is 1.56. The molecule has 0 saturated carbocycles. The monoisotopic (exact) mass is 647 g/mol. The van der Waals surface area contributed by atoms with Gasteiger partial charge in [-0.25, -0.2) is 4.39 Å². The van der Waals surface area contributed by atoms with Gasteiger partial charge in [-0.2, -0.15) is 13.2 Å². The molecule has 11 heteroatoms. The number of piperidine rings is 1. The lowest BCUT2D eigenvalue weighted by Crippen LogP contribution is -2.51. The largest absolute Gasteiger partial charge is 0.497 e. The van der Waals surface area contributed by atoms with Gasteiger partial charge in [0.05, 0.1) is 25.2 Å². The number of carbonyl (C=O) groups is 2. The van der Waals surface area contributed by atoms with Crippen molar-refractivity contribution in [1.82, 2.24) is 9.80 Å². The number of benzene rings is 2. The van der Waals surface area contributed by atoms with Crippen molar-refractivity contribution >= 4 is 17.6 Å². The van der Waals surface area contributed by atoms with Gasteiger partial charge in [-0.1, -0.05) is 18.2 Å². The molecule has 2 aromatic rings. The molecule has 3 aliphatic rings. The summed E-state index contributed by atoms with van der Waals surface area (Å²) in [6.07, 6.45) is -3.06. The van der Waals surface area contributed by atoms with Gasteiger partial charge >= 0.3 is 12.1 Å². The zero-order chi connectivity index (χ0) is 33.4. The highest BCUT2D eigenvalue weighted by Gasteiger charge is 2.57. The molecular weight excluding hydrogens is 602 g/mol. The fraction of sp³-hybridized carbons (Fsp3) is 0.600. The quantitative estimate of drug-likeness (QED) is 0.256. The highest BCUT2D eigenvalue weighted by molar-refractivity contribution is 5.88. The van der Waals surface area contributed by atoms with E-state index >= 15 is 4.39 Å². The third-order valence-electron chi connectivity index (χ3n) is 9.93. The van der Waals surface area contributed by atoms with Crippen LogP contribution in [0, 0.1) is 5.92 Å². The molecule has 3 saturated heterocycles. The Labute approximate surface area is 268 Å². The highest BCUT2D eigenvalue weighted by atomic mass is 19.4. The molecule has 7 nitrogen and oxygen atoms in total. The minimum atomic E-state index is -4.52. The SMILES string of the molecule is CCOC(=O)C1CCN(c2cc(C(F)(F)F)ccc2[C@@H]2CCN(C(=O)[C@]3(F)CN(C(C)(C)C)C[C@H]3c3ccc(OC)cc3)C2)CC1. The number of hydrogen-bond donors (Lipinski definition) is 0. The summed E-state index contributed by atoms with van der Waals surface area (Å²) >= 11 is 0. The van der Waals surface area contributed by atoms with Crippen molar-refractivity contribution in [2.45, 2.75) is 76.2 Å². The number of alkyl halides is 4. The third-order valence-corrected chi connectivity index (χ3v) is 9.93. The van der Waals surface area contributed by atoms with Gasteiger partial charge < -0.3 is 19.3 Å². The number of ether oxygens (including phenoxy) is 2. The molecule has 5 rings (SSSR count). The molecule has 252 valence electrons. The number of carbonyl (C=O) groups excluding carboxylic acids is 2. The van der Waals surface area contributed by atoms with Crippen LogP contribution in [0.15, 0.2) is 42.5 Å². The van der Waals surface area contributed by atoms with Crippen LogP contribution >= 0.6 is 0 Å². The van der Waals surface area contributed by atoms with Gasteiger partial charge in [-0.05, 0) is 82.3 Å². The van der Waals surface area contributed by atoms with Crippen LogP contribution in [0.25, 0.3) is 0 Å². The number of hydrogen-bond acceptors (Lipinski definition) is 6. The number of esters is 1. The van der Waals surface area contributed by atoms with Crippen molar-refractivity contribution in [2.75, 3.05) is 57.9 Å². The topological polar surface area (TPSA) is 62.3 Å². The van der Waals surface area contributed by atoms with Crippen LogP contribution in [0.3, 0.4) is 0 Å². The summed E-state index contributed by atoms with van der Waals surface area (Å²) < 4.78 is 69.2. The van der Waals surface area contributed by atoms with E-state index in [4.69, 9.17) is 9.47 Å². The Morgan fingerprint density at radius 3 is 2.22 bits per heavy atom. The number of methoxy groups -OCH3 is 1. The van der Waals surface area contributed by atoms with Gasteiger partial charge in [0.2, 0.25) is 5.67 Å². The van der Waals surface area contributed by atoms with Gasteiger partial charge in [-0.15, -0.1) is 0 Å². The zero-order valence-corrected chi connectivity index (χ0v) is 27.3. The Morgan fingerprint density at radius 2 is 1.63 bits per heavy atom. The standard InChI is InChI=1S/C35H45F4N3O4/c1-6-46-31(43)24-13-16-40(17-14-24)30-19-26(35(37,38)39)9-12-28(30)25-15-18-41(20-25)32(44)34(36)22-42(33(2,3)4)21-29(34)23-7-10-27(45-5)11-8-23/h7-12,19,24-25,29H,6,13-18,20-22H2,1-5H3/t25-,29+,34+/m1/s1. The first-order valence-corrected chi connectivity index (χ1v) is 16.2. The maximum atomic E-state index is 17.3. The van der Waals surface area contributed by atoms with E-state index in [1.165, 1.54) is 12.1 Å². The van der Waals surface area contributed by atoms with Crippen molar-refractivity contribution in [3.8, 4) is 5.75 Å². The second-order valence-electron chi connectivity index (χ2n) is 13.8. The number of halogens is 4. The highest BCUT2D eigenvalue weighted by Crippen LogP contribution is 2.46. The number of anilines is 1. The predicted molar refractivity (Wildman–Crippen MR) is 168 cm³/mol. The van der Waals surface area contributed by atoms with Crippen LogP contribution in [0.5, 0.6) is 5.75 Å². The summed E-state index contributed by atoms with van der Waals surface area (Å²) in [5.41, 5.74) is -1.39. The Bertz CT molecular complexity index is 1400. The molecule has 3 fully saturated rings. The van der Waals surface area contributed by atoms with E-state index in [-0.39, 0.29) is 43.0 Å². The molecule has 0 spiro atoms. The smallest absolute Gasteiger partial charge is 0.416 e. The number of nitrogens with zero attached hydrogens (tertiary/aromatic N) is 3. The lowest BCUT2D eigenvalue weighted by molar-refractivity contribution is -0.148. The van der Waals surface area contributed by atoms with Crippen LogP contribution in [0.4, 0.5) is 23.2 Å². The predicted octanol–water partition coefficient (Wildman–Crippen LogP) is 6.42. The van der Waals surface area contributed by atoms with Gasteiger partial charge in [0, 0.05) is 62.3 Å². The van der Waals surface area contributed by atoms with Gasteiger partial charge in [-0.3, -0.25) is 14.5 Å². The minimum Gasteiger partial charge on any atom is -0.497 e. The van der Waals surface area contributed by atoms with Crippen molar-refractivity contribution in [1.29, 1.82) is 0 Å². The second-order valence-corrected chi connectivity index (χ2v) is 13.8. The van der Waals surface area contributed by atoms with Crippen molar-refractivity contribution in [3.63, 3.8) is 0 Å². The van der Waals surface area contributed by atoms with E-state index in [9.17, 15) is 22.8 Å². The molecule has 0 bridgehead atoms. The van der Waals surface area contributed by atoms with E-state index in [0.29, 0.717) is 62.4 Å². The molecule has 0 unspecified atom stereocenters. The fourth-order valence-electron chi connectivity index (χ4n) is 7.17. The summed E-state index contributed by atoms with van der Waals surface area (Å²) in [4.78, 5) is 31.9. The normalized spacial score (nSPS) is 24.8. The van der Waals surface area contributed by atoms with E-state index in [1.807, 2.05) is 42.7 Å². The van der Waals surface area contributed by atoms with Gasteiger partial charge in [0.25, 0.3) is 5.91 Å². The Balaban J connectivity index is 1.39. The Morgan fingerprint density at radius 1 is 0.957 bits per heavy atom. The first kappa shape index (κ1) is 34.0. The lowest BCUT2D eigenvalue weighted by Gasteiger charge is -2.35. The second kappa shape index (κ2) is 13.0. The summed E-state index contributed by atoms with van der Waals surface area (Å²) in [5, 5.41) is 0. The molecule has 2 aromatic carbocycles. The van der Waals surface area contributed by atoms with Gasteiger partial charge in [0.1, 0.15) is 5.75 Å². The minimum absolute atomic E-state index is 0.0475. The van der Waals surface area contributed by atoms with Crippen LogP contribution in [0.2, 0.25) is 0 Å². The van der Waals surface area contributed by atoms with Crippen LogP contribution in [-0.4, -0.2) is 85.9 Å². The molecular formula is C35H45F4N3O4. The maximum absolute atomic E-state index is 17.3. The van der Waals surface area contributed by atoms with Crippen LogP contribution in [0.1, 0.15) is 75.5 Å². The van der Waals surface area contributed by atoms with Crippen molar-refractivity contribution in [2.24, 2.45) is 5.92 Å². The van der Waals surface area contributed by atoms with E-state index < -0.39 is 29.2 Å². The van der Waals surface area contributed by atoms with E-state index in [1.54, 1.807) is 31.1 Å². The van der Waals surface area contributed by atoms with E-state index in [0.717, 1.165) is 11.6 Å². The first-order chi connectivity index (χ1) is 21.7.